The first-order chi connectivity index (χ1) is 11.1. The summed E-state index contributed by atoms with van der Waals surface area (Å²) in [4.78, 5) is 0. The minimum Gasteiger partial charge on any atom is -0.491 e. The second-order valence-corrected chi connectivity index (χ2v) is 5.31. The van der Waals surface area contributed by atoms with Crippen molar-refractivity contribution in [1.29, 1.82) is 0 Å². The summed E-state index contributed by atoms with van der Waals surface area (Å²) < 4.78 is 15.6. The third-order valence-electron chi connectivity index (χ3n) is 3.30. The largest absolute Gasteiger partial charge is 0.491 e. The quantitative estimate of drug-likeness (QED) is 0.281. The number of aliphatic hydroxyl groups excluding tert-OH is 1. The summed E-state index contributed by atoms with van der Waals surface area (Å²) in [7, 11) is 5.23. The zero-order valence-electron chi connectivity index (χ0n) is 14.2. The summed E-state index contributed by atoms with van der Waals surface area (Å²) in [5, 5.41) is 9.30. The van der Waals surface area contributed by atoms with Crippen molar-refractivity contribution in [3.63, 3.8) is 0 Å². The Bertz CT molecular complexity index is 370. The summed E-state index contributed by atoms with van der Waals surface area (Å²) in [6.07, 6.45) is 10.6. The number of hydrogen-bond acceptors (Lipinski definition) is 5. The van der Waals surface area contributed by atoms with E-state index in [2.05, 4.69) is 22.5 Å². The zero-order valence-corrected chi connectivity index (χ0v) is 17.2. The Morgan fingerprint density at radius 1 is 1.43 bits per heavy atom. The molecule has 23 heavy (non-hydrogen) atoms. The second-order valence-electron chi connectivity index (χ2n) is 5.31. The van der Waals surface area contributed by atoms with E-state index in [0.29, 0.717) is 24.7 Å². The van der Waals surface area contributed by atoms with Crippen molar-refractivity contribution in [3.8, 4) is 0 Å². The van der Waals surface area contributed by atoms with Crippen LogP contribution in [0.1, 0.15) is 33.1 Å². The molecule has 2 aliphatic heterocycles. The van der Waals surface area contributed by atoms with Gasteiger partial charge >= 0.3 is 0 Å². The van der Waals surface area contributed by atoms with E-state index >= 15 is 0 Å². The molecule has 0 bridgehead atoms. The molecular formula is C17H29IO4S. The Morgan fingerprint density at radius 2 is 2.09 bits per heavy atom. The third-order valence-corrected chi connectivity index (χ3v) is 3.30. The predicted molar refractivity (Wildman–Crippen MR) is 107 cm³/mol. The molecule has 0 amide bonds. The highest BCUT2D eigenvalue weighted by Crippen LogP contribution is 2.21. The van der Waals surface area contributed by atoms with E-state index in [-0.39, 0.29) is 18.3 Å². The Labute approximate surface area is 158 Å². The average molecular weight is 456 g/mol. The van der Waals surface area contributed by atoms with Crippen molar-refractivity contribution in [3.05, 3.63) is 36.6 Å². The van der Waals surface area contributed by atoms with Crippen LogP contribution in [0.15, 0.2) is 36.6 Å². The van der Waals surface area contributed by atoms with Crippen molar-refractivity contribution in [2.24, 2.45) is 0 Å². The Hall–Kier alpha value is -0.0200. The fraction of sp³-hybridized carbons (Fsp3) is 0.647. The van der Waals surface area contributed by atoms with Crippen LogP contribution in [-0.2, 0) is 14.2 Å². The van der Waals surface area contributed by atoms with Crippen LogP contribution in [0.2, 0.25) is 0 Å². The lowest BCUT2D eigenvalue weighted by molar-refractivity contribution is 0.0250. The van der Waals surface area contributed by atoms with Gasteiger partial charge in [0.25, 0.3) is 0 Å². The van der Waals surface area contributed by atoms with Crippen molar-refractivity contribution in [2.45, 2.75) is 57.5 Å². The van der Waals surface area contributed by atoms with Gasteiger partial charge in [-0.15, -0.1) is 9.80 Å². The summed E-state index contributed by atoms with van der Waals surface area (Å²) in [5.41, 5.74) is 0. The summed E-state index contributed by atoms with van der Waals surface area (Å²) >= 11 is 1.84. The third kappa shape index (κ3) is 12.1. The molecule has 0 spiro atoms. The topological polar surface area (TPSA) is 51.2 Å². The highest BCUT2D eigenvalue weighted by molar-refractivity contribution is 14.2. The van der Waals surface area contributed by atoms with E-state index in [9.17, 15) is 5.11 Å². The minimum atomic E-state index is -0.280. The van der Waals surface area contributed by atoms with Crippen molar-refractivity contribution in [2.75, 3.05) is 13.7 Å². The molecule has 134 valence electrons. The van der Waals surface area contributed by atoms with Gasteiger partial charge in [0, 0.05) is 26.4 Å². The average Bonchev–Trinajstić information content (AvgIpc) is 3.33. The standard InChI is InChI=1S/C9H14O2.C8H14O2.HIS/c1-3-4-9-6-8(10)5-7(2)11-9;1-3-4-7(9-2)5-8-6-10-8;1-2/h3-4,8-10H,2,5-6H2,1H3;3-4,7-8H,5-6H2,1-2H3;2H. The van der Waals surface area contributed by atoms with Crippen LogP contribution in [-0.4, -0.2) is 43.2 Å². The minimum absolute atomic E-state index is 0.0243. The Morgan fingerprint density at radius 3 is 2.52 bits per heavy atom. The fourth-order valence-electron chi connectivity index (χ4n) is 2.19. The van der Waals surface area contributed by atoms with Gasteiger partial charge in [0.1, 0.15) is 6.10 Å². The Balaban J connectivity index is 0.000000381. The number of halogens is 1. The van der Waals surface area contributed by atoms with Crippen molar-refractivity contribution >= 4 is 31.0 Å². The predicted octanol–water partition coefficient (Wildman–Crippen LogP) is 4.25. The highest BCUT2D eigenvalue weighted by atomic mass is 127. The molecule has 0 aromatic heterocycles. The number of thiol groups is 1. The smallest absolute Gasteiger partial charge is 0.119 e. The molecule has 2 saturated heterocycles. The van der Waals surface area contributed by atoms with Crippen LogP contribution in [0.5, 0.6) is 0 Å². The summed E-state index contributed by atoms with van der Waals surface area (Å²) in [5.74, 6) is 0.687. The maximum absolute atomic E-state index is 9.30. The summed E-state index contributed by atoms with van der Waals surface area (Å²) in [6, 6.07) is 0. The van der Waals surface area contributed by atoms with Gasteiger partial charge in [-0.2, -0.15) is 0 Å². The van der Waals surface area contributed by atoms with Crippen molar-refractivity contribution in [1.82, 2.24) is 0 Å². The molecule has 0 aliphatic carbocycles. The fourth-order valence-corrected chi connectivity index (χ4v) is 2.19. The van der Waals surface area contributed by atoms with E-state index in [4.69, 9.17) is 14.2 Å². The van der Waals surface area contributed by atoms with Gasteiger partial charge in [0.15, 0.2) is 0 Å². The molecule has 6 heteroatoms. The maximum atomic E-state index is 9.30. The highest BCUT2D eigenvalue weighted by Gasteiger charge is 2.25. The number of hydrogen-bond donors (Lipinski definition) is 2. The first kappa shape index (κ1) is 23.0. The van der Waals surface area contributed by atoms with Crippen LogP contribution >= 0.6 is 31.0 Å². The molecule has 1 N–H and O–H groups in total. The normalized spacial score (nSPS) is 27.6. The first-order valence-corrected chi connectivity index (χ1v) is 10.9. The van der Waals surface area contributed by atoms with Gasteiger partial charge < -0.3 is 19.3 Å². The first-order valence-electron chi connectivity index (χ1n) is 7.68. The van der Waals surface area contributed by atoms with E-state index in [1.54, 1.807) is 7.11 Å². The van der Waals surface area contributed by atoms with Crippen molar-refractivity contribution < 1.29 is 19.3 Å². The van der Waals surface area contributed by atoms with Crippen LogP contribution < -0.4 is 0 Å². The van der Waals surface area contributed by atoms with Crippen LogP contribution in [0.25, 0.3) is 0 Å². The van der Waals surface area contributed by atoms with Gasteiger partial charge in [-0.05, 0) is 41.1 Å². The lowest BCUT2D eigenvalue weighted by atomic mass is 10.0. The number of ether oxygens (including phenoxy) is 3. The lowest BCUT2D eigenvalue weighted by Crippen LogP contribution is -2.25. The monoisotopic (exact) mass is 456 g/mol. The molecule has 2 aliphatic rings. The molecule has 0 saturated carbocycles. The zero-order chi connectivity index (χ0) is 17.7. The van der Waals surface area contributed by atoms with E-state index in [1.807, 2.05) is 53.3 Å². The van der Waals surface area contributed by atoms with E-state index < -0.39 is 0 Å². The molecule has 0 aromatic rings. The van der Waals surface area contributed by atoms with Gasteiger partial charge in [0.05, 0.1) is 30.7 Å². The molecule has 4 atom stereocenters. The van der Waals surface area contributed by atoms with Gasteiger partial charge in [0.2, 0.25) is 0 Å². The van der Waals surface area contributed by atoms with Gasteiger partial charge in [-0.25, -0.2) is 0 Å². The number of allylic oxidation sites excluding steroid dienone is 2. The Kier molecular flexibility index (Phi) is 14.3. The van der Waals surface area contributed by atoms with Crippen LogP contribution in [0, 0.1) is 0 Å². The molecular weight excluding hydrogens is 427 g/mol. The lowest BCUT2D eigenvalue weighted by Gasteiger charge is -2.26. The number of rotatable bonds is 5. The molecule has 2 fully saturated rings. The molecule has 2 rings (SSSR count). The van der Waals surface area contributed by atoms with Crippen LogP contribution in [0.3, 0.4) is 0 Å². The van der Waals surface area contributed by atoms with Gasteiger partial charge in [-0.1, -0.05) is 24.8 Å². The number of epoxide rings is 1. The summed E-state index contributed by atoms with van der Waals surface area (Å²) in [6.45, 7) is 8.53. The molecule has 0 aromatic carbocycles. The SMILES string of the molecule is C=C1CC(O)CC(C=CC)O1.CC=CC(CC1CO1)OC.SI. The van der Waals surface area contributed by atoms with E-state index in [1.165, 1.54) is 0 Å². The van der Waals surface area contributed by atoms with Crippen LogP contribution in [0.4, 0.5) is 0 Å². The molecule has 2 heterocycles. The number of methoxy groups -OCH3 is 1. The molecule has 4 unspecified atom stereocenters. The second kappa shape index (κ2) is 14.3. The van der Waals surface area contributed by atoms with Gasteiger partial charge in [-0.3, -0.25) is 0 Å². The number of aliphatic hydroxyl groups is 1. The molecule has 0 radical (unpaired) electrons. The maximum Gasteiger partial charge on any atom is 0.119 e. The molecule has 4 nitrogen and oxygen atoms in total. The van der Waals surface area contributed by atoms with E-state index in [0.717, 1.165) is 13.0 Å².